The van der Waals surface area contributed by atoms with Crippen molar-refractivity contribution in [3.8, 4) is 67.5 Å². The van der Waals surface area contributed by atoms with E-state index in [1.807, 2.05) is 60.7 Å². The molecule has 0 fully saturated rings. The van der Waals surface area contributed by atoms with Gasteiger partial charge in [0.05, 0.1) is 5.41 Å². The summed E-state index contributed by atoms with van der Waals surface area (Å²) in [5, 5.41) is 7.46. The highest BCUT2D eigenvalue weighted by Crippen LogP contribution is 2.57. The lowest BCUT2D eigenvalue weighted by atomic mass is 9.67. The van der Waals surface area contributed by atoms with Crippen LogP contribution in [0.15, 0.2) is 249 Å². The fourth-order valence-corrected chi connectivity index (χ4v) is 10.8. The minimum absolute atomic E-state index is 0.480. The molecule has 0 N–H and O–H groups in total. The first-order chi connectivity index (χ1) is 33.2. The summed E-state index contributed by atoms with van der Waals surface area (Å²) < 4.78 is 0. The van der Waals surface area contributed by atoms with Crippen LogP contribution in [-0.4, -0.2) is 15.0 Å². The average Bonchev–Trinajstić information content (AvgIpc) is 3.72. The Morgan fingerprint density at radius 2 is 0.672 bits per heavy atom. The van der Waals surface area contributed by atoms with Gasteiger partial charge in [0.1, 0.15) is 0 Å². The van der Waals surface area contributed by atoms with Gasteiger partial charge in [-0.25, -0.2) is 15.0 Å². The molecule has 0 atom stereocenters. The Bertz CT molecular complexity index is 3730. The van der Waals surface area contributed by atoms with Gasteiger partial charge in [-0.3, -0.25) is 0 Å². The summed E-state index contributed by atoms with van der Waals surface area (Å²) in [6.45, 7) is 0. The highest BCUT2D eigenvalue weighted by atomic mass is 15.0. The van der Waals surface area contributed by atoms with Crippen LogP contribution in [0.1, 0.15) is 22.3 Å². The molecule has 12 aromatic rings. The van der Waals surface area contributed by atoms with Crippen LogP contribution in [0.4, 0.5) is 0 Å². The molecule has 0 saturated heterocycles. The Hall–Kier alpha value is -8.79. The van der Waals surface area contributed by atoms with Gasteiger partial charge < -0.3 is 0 Å². The fraction of sp³-hybridized carbons (Fsp3) is 0.0156. The molecular formula is C64H41N3. The topological polar surface area (TPSA) is 38.7 Å². The molecule has 0 amide bonds. The van der Waals surface area contributed by atoms with Gasteiger partial charge in [-0.15, -0.1) is 0 Å². The minimum atomic E-state index is -0.480. The van der Waals surface area contributed by atoms with Crippen molar-refractivity contribution in [1.29, 1.82) is 0 Å². The van der Waals surface area contributed by atoms with Crippen molar-refractivity contribution in [3.05, 3.63) is 271 Å². The van der Waals surface area contributed by atoms with Crippen LogP contribution in [-0.2, 0) is 5.41 Å². The molecule has 0 saturated carbocycles. The Morgan fingerprint density at radius 1 is 0.239 bits per heavy atom. The van der Waals surface area contributed by atoms with Gasteiger partial charge in [-0.05, 0) is 100 Å². The molecule has 0 bridgehead atoms. The van der Waals surface area contributed by atoms with E-state index >= 15 is 0 Å². The molecule has 1 heterocycles. The van der Waals surface area contributed by atoms with Gasteiger partial charge in [0.2, 0.25) is 0 Å². The molecule has 0 radical (unpaired) electrons. The van der Waals surface area contributed by atoms with Crippen molar-refractivity contribution < 1.29 is 0 Å². The molecule has 1 aliphatic carbocycles. The molecule has 0 aliphatic heterocycles. The highest BCUT2D eigenvalue weighted by molar-refractivity contribution is 6.29. The molecule has 3 nitrogen and oxygen atoms in total. The van der Waals surface area contributed by atoms with Crippen LogP contribution in [0.5, 0.6) is 0 Å². The standard InChI is InChI=1S/C64H41N3/c1-5-18-43(19-6-1)61-65-62(44-20-7-2-8-21-44)67-63(66-61)45-34-32-42(33-35-45)46-36-39-56-57(40-46)52-27-14-13-26-51(52)55-30-17-29-50(60(55)56)47-37-38-54-53-28-15-16-31-58(53)64(59(54)41-47,48-22-9-3-10-23-48)49-24-11-4-12-25-49/h1-41H. The Kier molecular flexibility index (Phi) is 9.07. The first-order valence-corrected chi connectivity index (χ1v) is 22.9. The van der Waals surface area contributed by atoms with Crippen LogP contribution in [0.2, 0.25) is 0 Å². The number of hydrogen-bond donors (Lipinski definition) is 0. The van der Waals surface area contributed by atoms with Crippen molar-refractivity contribution >= 4 is 32.3 Å². The second-order valence-electron chi connectivity index (χ2n) is 17.4. The molecule has 13 rings (SSSR count). The maximum absolute atomic E-state index is 4.99. The summed E-state index contributed by atoms with van der Waals surface area (Å²) in [5.74, 6) is 1.94. The maximum Gasteiger partial charge on any atom is 0.164 e. The number of rotatable bonds is 7. The zero-order valence-electron chi connectivity index (χ0n) is 36.5. The Morgan fingerprint density at radius 3 is 1.30 bits per heavy atom. The second kappa shape index (κ2) is 15.7. The molecule has 3 heteroatoms. The van der Waals surface area contributed by atoms with E-state index in [4.69, 9.17) is 15.0 Å². The molecule has 11 aromatic carbocycles. The van der Waals surface area contributed by atoms with Crippen molar-refractivity contribution in [2.45, 2.75) is 5.41 Å². The lowest BCUT2D eigenvalue weighted by molar-refractivity contribution is 0.769. The van der Waals surface area contributed by atoms with Gasteiger partial charge in [0.15, 0.2) is 17.5 Å². The monoisotopic (exact) mass is 851 g/mol. The third-order valence-corrected chi connectivity index (χ3v) is 13.8. The molecule has 67 heavy (non-hydrogen) atoms. The summed E-state index contributed by atoms with van der Waals surface area (Å²) in [6, 6.07) is 89.9. The smallest absolute Gasteiger partial charge is 0.164 e. The number of nitrogens with zero attached hydrogens (tertiary/aromatic N) is 3. The van der Waals surface area contributed by atoms with E-state index in [-0.39, 0.29) is 0 Å². The van der Waals surface area contributed by atoms with Crippen molar-refractivity contribution in [2.75, 3.05) is 0 Å². The second-order valence-corrected chi connectivity index (χ2v) is 17.4. The molecular weight excluding hydrogens is 811 g/mol. The molecule has 0 unspecified atom stereocenters. The van der Waals surface area contributed by atoms with Crippen LogP contribution in [0.3, 0.4) is 0 Å². The molecule has 0 spiro atoms. The molecule has 1 aromatic heterocycles. The van der Waals surface area contributed by atoms with E-state index in [1.54, 1.807) is 0 Å². The zero-order chi connectivity index (χ0) is 44.3. The van der Waals surface area contributed by atoms with Crippen molar-refractivity contribution in [2.24, 2.45) is 0 Å². The Balaban J connectivity index is 0.961. The van der Waals surface area contributed by atoms with E-state index < -0.39 is 5.41 Å². The predicted octanol–water partition coefficient (Wildman–Crippen LogP) is 16.0. The average molecular weight is 852 g/mol. The van der Waals surface area contributed by atoms with Crippen molar-refractivity contribution in [1.82, 2.24) is 15.0 Å². The predicted molar refractivity (Wildman–Crippen MR) is 277 cm³/mol. The summed E-state index contributed by atoms with van der Waals surface area (Å²) >= 11 is 0. The van der Waals surface area contributed by atoms with Crippen LogP contribution in [0.25, 0.3) is 99.9 Å². The van der Waals surface area contributed by atoms with Gasteiger partial charge >= 0.3 is 0 Å². The third-order valence-electron chi connectivity index (χ3n) is 13.8. The SMILES string of the molecule is c1ccc(-c2nc(-c3ccccc3)nc(-c3ccc(-c4ccc5c(c4)c4ccccc4c4cccc(-c6ccc7c(c6)C(c6ccccc6)(c6ccccc6)c6ccccc6-7)c45)cc3)n2)cc1. The van der Waals surface area contributed by atoms with E-state index in [0.717, 1.165) is 27.8 Å². The first kappa shape index (κ1) is 38.6. The van der Waals surface area contributed by atoms with Gasteiger partial charge in [0, 0.05) is 16.7 Å². The lowest BCUT2D eigenvalue weighted by Crippen LogP contribution is -2.28. The van der Waals surface area contributed by atoms with Crippen LogP contribution < -0.4 is 0 Å². The number of fused-ring (bicyclic) bond motifs is 9. The largest absolute Gasteiger partial charge is 0.208 e. The van der Waals surface area contributed by atoms with E-state index in [1.165, 1.54) is 76.8 Å². The third kappa shape index (κ3) is 6.24. The number of hydrogen-bond acceptors (Lipinski definition) is 3. The molecule has 312 valence electrons. The van der Waals surface area contributed by atoms with Gasteiger partial charge in [-0.2, -0.15) is 0 Å². The summed E-state index contributed by atoms with van der Waals surface area (Å²) in [5.41, 5.74) is 14.8. The fourth-order valence-electron chi connectivity index (χ4n) is 10.8. The van der Waals surface area contributed by atoms with Gasteiger partial charge in [-0.1, -0.05) is 237 Å². The zero-order valence-corrected chi connectivity index (χ0v) is 36.5. The van der Waals surface area contributed by atoms with Gasteiger partial charge in [0.25, 0.3) is 0 Å². The van der Waals surface area contributed by atoms with Crippen LogP contribution in [0, 0.1) is 0 Å². The maximum atomic E-state index is 4.99. The van der Waals surface area contributed by atoms with E-state index in [9.17, 15) is 0 Å². The molecule has 1 aliphatic rings. The first-order valence-electron chi connectivity index (χ1n) is 22.9. The minimum Gasteiger partial charge on any atom is -0.208 e. The van der Waals surface area contributed by atoms with E-state index in [0.29, 0.717) is 17.5 Å². The van der Waals surface area contributed by atoms with E-state index in [2.05, 4.69) is 188 Å². The summed E-state index contributed by atoms with van der Waals surface area (Å²) in [6.07, 6.45) is 0. The normalized spacial score (nSPS) is 12.6. The number of aromatic nitrogens is 3. The summed E-state index contributed by atoms with van der Waals surface area (Å²) in [7, 11) is 0. The Labute approximate surface area is 389 Å². The quantitative estimate of drug-likeness (QED) is 0.150. The lowest BCUT2D eigenvalue weighted by Gasteiger charge is -2.34. The highest BCUT2D eigenvalue weighted by Gasteiger charge is 2.46. The number of benzene rings is 11. The summed E-state index contributed by atoms with van der Waals surface area (Å²) in [4.78, 5) is 14.9. The van der Waals surface area contributed by atoms with Crippen molar-refractivity contribution in [3.63, 3.8) is 0 Å². The van der Waals surface area contributed by atoms with Crippen LogP contribution >= 0.6 is 0 Å².